The fraction of sp³-hybridized carbons (Fsp3) is 0.333. The summed E-state index contributed by atoms with van der Waals surface area (Å²) in [4.78, 5) is 0. The molecule has 0 fully saturated rings. The van der Waals surface area contributed by atoms with Gasteiger partial charge < -0.3 is 5.73 Å². The fourth-order valence-electron chi connectivity index (χ4n) is 2.32. The molecule has 0 aliphatic carbocycles. The molecule has 1 nitrogen and oxygen atoms in total. The van der Waals surface area contributed by atoms with Crippen molar-refractivity contribution < 1.29 is 0 Å². The summed E-state index contributed by atoms with van der Waals surface area (Å²) in [6.45, 7) is 9.38. The van der Waals surface area contributed by atoms with Gasteiger partial charge in [0.1, 0.15) is 0 Å². The zero-order valence-electron chi connectivity index (χ0n) is 10.9. The highest BCUT2D eigenvalue weighted by molar-refractivity contribution is 7.08. The number of rotatable bonds is 2. The van der Waals surface area contributed by atoms with Gasteiger partial charge in [0.2, 0.25) is 0 Å². The second-order valence-electron chi connectivity index (χ2n) is 4.65. The van der Waals surface area contributed by atoms with Crippen molar-refractivity contribution in [1.82, 2.24) is 0 Å². The van der Waals surface area contributed by atoms with Crippen molar-refractivity contribution in [3.63, 3.8) is 0 Å². The van der Waals surface area contributed by atoms with Crippen LogP contribution < -0.4 is 5.73 Å². The van der Waals surface area contributed by atoms with E-state index in [-0.39, 0.29) is 0 Å². The van der Waals surface area contributed by atoms with Crippen LogP contribution in [0.15, 0.2) is 16.8 Å². The van der Waals surface area contributed by atoms with E-state index in [1.165, 1.54) is 38.9 Å². The van der Waals surface area contributed by atoms with Crippen LogP contribution in [-0.4, -0.2) is 0 Å². The highest BCUT2D eigenvalue weighted by Gasteiger charge is 2.13. The Morgan fingerprint density at radius 1 is 1.00 bits per heavy atom. The predicted octanol–water partition coefficient (Wildman–Crippen LogP) is 4.11. The average molecular weight is 245 g/mol. The maximum atomic E-state index is 5.82. The molecule has 1 aromatic heterocycles. The summed E-state index contributed by atoms with van der Waals surface area (Å²) in [6, 6.07) is 2.27. The Morgan fingerprint density at radius 2 is 1.59 bits per heavy atom. The molecule has 1 heterocycles. The van der Waals surface area contributed by atoms with E-state index in [2.05, 4.69) is 44.5 Å². The van der Waals surface area contributed by atoms with Crippen LogP contribution in [-0.2, 0) is 6.54 Å². The fourth-order valence-corrected chi connectivity index (χ4v) is 3.18. The Bertz CT molecular complexity index is 526. The first-order valence-electron chi connectivity index (χ1n) is 5.89. The lowest BCUT2D eigenvalue weighted by Crippen LogP contribution is -2.00. The molecule has 0 saturated heterocycles. The van der Waals surface area contributed by atoms with E-state index in [0.717, 1.165) is 0 Å². The lowest BCUT2D eigenvalue weighted by molar-refractivity contribution is 1.08. The van der Waals surface area contributed by atoms with Crippen LogP contribution in [0, 0.1) is 27.7 Å². The van der Waals surface area contributed by atoms with Crippen LogP contribution in [0.1, 0.15) is 27.8 Å². The highest BCUT2D eigenvalue weighted by Crippen LogP contribution is 2.35. The van der Waals surface area contributed by atoms with Crippen LogP contribution in [0.4, 0.5) is 0 Å². The van der Waals surface area contributed by atoms with Gasteiger partial charge in [0.25, 0.3) is 0 Å². The van der Waals surface area contributed by atoms with Crippen molar-refractivity contribution in [2.45, 2.75) is 34.2 Å². The summed E-state index contributed by atoms with van der Waals surface area (Å²) in [7, 11) is 0. The highest BCUT2D eigenvalue weighted by atomic mass is 32.1. The summed E-state index contributed by atoms with van der Waals surface area (Å²) >= 11 is 1.73. The van der Waals surface area contributed by atoms with Crippen LogP contribution in [0.2, 0.25) is 0 Å². The van der Waals surface area contributed by atoms with Gasteiger partial charge in [-0.05, 0) is 77.4 Å². The molecule has 0 aliphatic rings. The normalized spacial score (nSPS) is 10.9. The summed E-state index contributed by atoms with van der Waals surface area (Å²) in [5.41, 5.74) is 15.2. The molecule has 1 aromatic carbocycles. The van der Waals surface area contributed by atoms with Gasteiger partial charge in [-0.1, -0.05) is 6.07 Å². The number of thiophene rings is 1. The molecular formula is C15H19NS. The first-order chi connectivity index (χ1) is 8.06. The Hall–Kier alpha value is -1.12. The van der Waals surface area contributed by atoms with E-state index >= 15 is 0 Å². The molecule has 2 rings (SSSR count). The number of aryl methyl sites for hydroxylation is 2. The Labute approximate surface area is 107 Å². The second kappa shape index (κ2) is 4.63. The van der Waals surface area contributed by atoms with E-state index in [1.807, 2.05) is 0 Å². The molecule has 0 amide bonds. The average Bonchev–Trinajstić information content (AvgIpc) is 2.75. The molecule has 0 saturated carbocycles. The van der Waals surface area contributed by atoms with Gasteiger partial charge in [0.15, 0.2) is 0 Å². The molecule has 0 spiro atoms. The minimum Gasteiger partial charge on any atom is -0.326 e. The number of nitrogens with two attached hydrogens (primary N) is 1. The Kier molecular flexibility index (Phi) is 3.36. The monoisotopic (exact) mass is 245 g/mol. The SMILES string of the molecule is Cc1cc(C)c(C)c(-c2cscc2CN)c1C. The summed E-state index contributed by atoms with van der Waals surface area (Å²) < 4.78 is 0. The number of hydrogen-bond donors (Lipinski definition) is 1. The third-order valence-electron chi connectivity index (χ3n) is 3.60. The first-order valence-corrected chi connectivity index (χ1v) is 6.83. The van der Waals surface area contributed by atoms with Crippen molar-refractivity contribution in [1.29, 1.82) is 0 Å². The largest absolute Gasteiger partial charge is 0.326 e. The molecule has 0 radical (unpaired) electrons. The minimum absolute atomic E-state index is 0.616. The van der Waals surface area contributed by atoms with E-state index in [1.54, 1.807) is 11.3 Å². The molecule has 0 atom stereocenters. The third kappa shape index (κ3) is 2.03. The lowest BCUT2D eigenvalue weighted by Gasteiger charge is -2.15. The molecule has 2 heteroatoms. The molecule has 17 heavy (non-hydrogen) atoms. The van der Waals surface area contributed by atoms with E-state index in [0.29, 0.717) is 6.54 Å². The van der Waals surface area contributed by atoms with Crippen molar-refractivity contribution >= 4 is 11.3 Å². The van der Waals surface area contributed by atoms with E-state index < -0.39 is 0 Å². The predicted molar refractivity (Wildman–Crippen MR) is 76.6 cm³/mol. The third-order valence-corrected chi connectivity index (χ3v) is 4.39. The minimum atomic E-state index is 0.616. The lowest BCUT2D eigenvalue weighted by atomic mass is 9.89. The van der Waals surface area contributed by atoms with E-state index in [4.69, 9.17) is 5.73 Å². The van der Waals surface area contributed by atoms with Gasteiger partial charge in [-0.25, -0.2) is 0 Å². The number of hydrogen-bond acceptors (Lipinski definition) is 2. The van der Waals surface area contributed by atoms with Gasteiger partial charge in [-0.3, -0.25) is 0 Å². The molecule has 2 N–H and O–H groups in total. The molecular weight excluding hydrogens is 226 g/mol. The van der Waals surface area contributed by atoms with Gasteiger partial charge in [0, 0.05) is 6.54 Å². The zero-order valence-corrected chi connectivity index (χ0v) is 11.7. The van der Waals surface area contributed by atoms with Crippen LogP contribution in [0.5, 0.6) is 0 Å². The maximum Gasteiger partial charge on any atom is 0.0192 e. The standard InChI is InChI=1S/C15H19NS/c1-9-5-10(2)12(4)15(11(9)3)14-8-17-7-13(14)6-16/h5,7-8H,6,16H2,1-4H3. The summed E-state index contributed by atoms with van der Waals surface area (Å²) in [5, 5.41) is 4.38. The Balaban J connectivity index is 2.75. The molecule has 0 bridgehead atoms. The maximum absolute atomic E-state index is 5.82. The topological polar surface area (TPSA) is 26.0 Å². The van der Waals surface area contributed by atoms with Crippen molar-refractivity contribution in [3.05, 3.63) is 44.6 Å². The summed E-state index contributed by atoms with van der Waals surface area (Å²) in [5.74, 6) is 0. The van der Waals surface area contributed by atoms with Gasteiger partial charge in [0.05, 0.1) is 0 Å². The molecule has 90 valence electrons. The summed E-state index contributed by atoms with van der Waals surface area (Å²) in [6.07, 6.45) is 0. The molecule has 2 aromatic rings. The van der Waals surface area contributed by atoms with Crippen LogP contribution >= 0.6 is 11.3 Å². The first kappa shape index (κ1) is 12.3. The van der Waals surface area contributed by atoms with E-state index in [9.17, 15) is 0 Å². The smallest absolute Gasteiger partial charge is 0.0192 e. The second-order valence-corrected chi connectivity index (χ2v) is 5.39. The van der Waals surface area contributed by atoms with Gasteiger partial charge in [-0.15, -0.1) is 0 Å². The van der Waals surface area contributed by atoms with Crippen LogP contribution in [0.3, 0.4) is 0 Å². The van der Waals surface area contributed by atoms with Crippen LogP contribution in [0.25, 0.3) is 11.1 Å². The van der Waals surface area contributed by atoms with Gasteiger partial charge in [-0.2, -0.15) is 11.3 Å². The molecule has 0 unspecified atom stereocenters. The van der Waals surface area contributed by atoms with Crippen molar-refractivity contribution in [2.75, 3.05) is 0 Å². The quantitative estimate of drug-likeness (QED) is 0.846. The van der Waals surface area contributed by atoms with Crippen molar-refractivity contribution in [2.24, 2.45) is 5.73 Å². The Morgan fingerprint density at radius 3 is 2.12 bits per heavy atom. The zero-order chi connectivity index (χ0) is 12.6. The molecule has 0 aliphatic heterocycles. The van der Waals surface area contributed by atoms with Crippen molar-refractivity contribution in [3.8, 4) is 11.1 Å². The van der Waals surface area contributed by atoms with Gasteiger partial charge >= 0.3 is 0 Å². The number of benzene rings is 1.